The molecule has 0 aromatic carbocycles. The number of carbonyl (C=O) groups is 2. The van der Waals surface area contributed by atoms with Gasteiger partial charge in [-0.05, 0) is 37.4 Å². The fourth-order valence-corrected chi connectivity index (χ4v) is 2.92. The second-order valence-corrected chi connectivity index (χ2v) is 7.46. The van der Waals surface area contributed by atoms with Gasteiger partial charge in [0.15, 0.2) is 0 Å². The molecule has 0 aliphatic carbocycles. The molecule has 22 heavy (non-hydrogen) atoms. The van der Waals surface area contributed by atoms with Crippen molar-refractivity contribution < 1.29 is 9.59 Å². The third kappa shape index (κ3) is 7.56. The van der Waals surface area contributed by atoms with Crippen LogP contribution in [0.4, 0.5) is 0 Å². The third-order valence-corrected chi connectivity index (χ3v) is 3.99. The van der Waals surface area contributed by atoms with Gasteiger partial charge in [0.05, 0.1) is 4.88 Å². The van der Waals surface area contributed by atoms with Gasteiger partial charge in [-0.3, -0.25) is 9.59 Å². The molecule has 0 aliphatic heterocycles. The summed E-state index contributed by atoms with van der Waals surface area (Å²) in [6.45, 7) is 6.37. The number of carbonyl (C=O) groups excluding carboxylic acids is 2. The zero-order valence-corrected chi connectivity index (χ0v) is 14.8. The first-order chi connectivity index (χ1) is 10.3. The summed E-state index contributed by atoms with van der Waals surface area (Å²) in [5.74, 6) is -0.0280. The Kier molecular flexibility index (Phi) is 7.55. The Morgan fingerprint density at radius 3 is 2.59 bits per heavy atom. The van der Waals surface area contributed by atoms with E-state index in [4.69, 9.17) is 0 Å². The molecule has 0 aliphatic rings. The zero-order chi connectivity index (χ0) is 16.6. The normalized spacial score (nSPS) is 11.5. The zero-order valence-electron chi connectivity index (χ0n) is 13.9. The smallest absolute Gasteiger partial charge is 0.261 e. The Morgan fingerprint density at radius 1 is 1.27 bits per heavy atom. The van der Waals surface area contributed by atoms with Gasteiger partial charge in [-0.1, -0.05) is 19.9 Å². The lowest BCUT2D eigenvalue weighted by atomic mass is 9.93. The molecule has 1 aromatic heterocycles. The summed E-state index contributed by atoms with van der Waals surface area (Å²) in [4.78, 5) is 26.3. The summed E-state index contributed by atoms with van der Waals surface area (Å²) in [6.07, 6.45) is 1.08. The lowest BCUT2D eigenvalue weighted by molar-refractivity contribution is -0.121. The molecule has 5 nitrogen and oxygen atoms in total. The maximum Gasteiger partial charge on any atom is 0.261 e. The average Bonchev–Trinajstić information content (AvgIpc) is 2.94. The fourth-order valence-electron chi connectivity index (χ4n) is 2.28. The highest BCUT2D eigenvalue weighted by Crippen LogP contribution is 2.14. The average molecular weight is 325 g/mol. The van der Waals surface area contributed by atoms with Crippen molar-refractivity contribution >= 4 is 23.2 Å². The minimum Gasteiger partial charge on any atom is -0.356 e. The largest absolute Gasteiger partial charge is 0.356 e. The van der Waals surface area contributed by atoms with Crippen molar-refractivity contribution in [3.63, 3.8) is 0 Å². The van der Waals surface area contributed by atoms with Crippen LogP contribution in [0, 0.1) is 5.41 Å². The molecule has 0 fully saturated rings. The van der Waals surface area contributed by atoms with Crippen LogP contribution in [-0.2, 0) is 4.79 Å². The number of rotatable bonds is 9. The standard InChI is InChI=1S/C16H27N3O2S/c1-16(2,12-19(3)4)11-18-14(20)8-5-9-17-15(21)13-7-6-10-22-13/h6-7,10H,5,8-9,11-12H2,1-4H3,(H,17,21)(H,18,20). The van der Waals surface area contributed by atoms with E-state index >= 15 is 0 Å². The summed E-state index contributed by atoms with van der Waals surface area (Å²) in [5, 5.41) is 7.66. The minimum absolute atomic E-state index is 0.0391. The van der Waals surface area contributed by atoms with Crippen molar-refractivity contribution in [2.24, 2.45) is 5.41 Å². The molecule has 0 atom stereocenters. The summed E-state index contributed by atoms with van der Waals surface area (Å²) < 4.78 is 0. The Bertz CT molecular complexity index is 470. The van der Waals surface area contributed by atoms with Gasteiger partial charge in [-0.15, -0.1) is 11.3 Å². The first-order valence-electron chi connectivity index (χ1n) is 7.53. The van der Waals surface area contributed by atoms with Crippen molar-refractivity contribution in [1.29, 1.82) is 0 Å². The second kappa shape index (κ2) is 8.90. The maximum absolute atomic E-state index is 11.8. The molecular weight excluding hydrogens is 298 g/mol. The van der Waals surface area contributed by atoms with Gasteiger partial charge in [-0.2, -0.15) is 0 Å². The monoisotopic (exact) mass is 325 g/mol. The van der Waals surface area contributed by atoms with Crippen LogP contribution >= 0.6 is 11.3 Å². The van der Waals surface area contributed by atoms with Crippen LogP contribution in [0.3, 0.4) is 0 Å². The maximum atomic E-state index is 11.8. The first kappa shape index (κ1) is 18.6. The molecule has 1 rings (SSSR count). The highest BCUT2D eigenvalue weighted by Gasteiger charge is 2.19. The highest BCUT2D eigenvalue weighted by atomic mass is 32.1. The molecular formula is C16H27N3O2S. The molecule has 2 N–H and O–H groups in total. The van der Waals surface area contributed by atoms with Crippen LogP contribution in [-0.4, -0.2) is 50.4 Å². The van der Waals surface area contributed by atoms with E-state index < -0.39 is 0 Å². The number of nitrogens with one attached hydrogen (secondary N) is 2. The summed E-state index contributed by atoms with van der Waals surface area (Å²) in [6, 6.07) is 3.64. The van der Waals surface area contributed by atoms with Gasteiger partial charge in [0.1, 0.15) is 0 Å². The van der Waals surface area contributed by atoms with Crippen LogP contribution in [0.15, 0.2) is 17.5 Å². The van der Waals surface area contributed by atoms with Gasteiger partial charge in [0, 0.05) is 26.1 Å². The van der Waals surface area contributed by atoms with E-state index in [9.17, 15) is 9.59 Å². The number of hydrogen-bond acceptors (Lipinski definition) is 4. The van der Waals surface area contributed by atoms with Gasteiger partial charge in [-0.25, -0.2) is 0 Å². The van der Waals surface area contributed by atoms with Gasteiger partial charge >= 0.3 is 0 Å². The SMILES string of the molecule is CN(C)CC(C)(C)CNC(=O)CCCNC(=O)c1cccs1. The van der Waals surface area contributed by atoms with Crippen LogP contribution in [0.5, 0.6) is 0 Å². The fraction of sp³-hybridized carbons (Fsp3) is 0.625. The van der Waals surface area contributed by atoms with E-state index in [1.165, 1.54) is 11.3 Å². The van der Waals surface area contributed by atoms with Gasteiger partial charge < -0.3 is 15.5 Å². The first-order valence-corrected chi connectivity index (χ1v) is 8.41. The summed E-state index contributed by atoms with van der Waals surface area (Å²) in [5.41, 5.74) is 0.0482. The lowest BCUT2D eigenvalue weighted by Crippen LogP contribution is -2.40. The number of hydrogen-bond donors (Lipinski definition) is 2. The van der Waals surface area contributed by atoms with Crippen molar-refractivity contribution in [3.8, 4) is 0 Å². The molecule has 6 heteroatoms. The van der Waals surface area contributed by atoms with Crippen LogP contribution < -0.4 is 10.6 Å². The van der Waals surface area contributed by atoms with Gasteiger partial charge in [0.25, 0.3) is 5.91 Å². The van der Waals surface area contributed by atoms with Crippen LogP contribution in [0.1, 0.15) is 36.4 Å². The van der Waals surface area contributed by atoms with E-state index in [0.717, 1.165) is 6.54 Å². The molecule has 0 radical (unpaired) electrons. The third-order valence-electron chi connectivity index (χ3n) is 3.12. The predicted octanol–water partition coefficient (Wildman–Crippen LogP) is 1.96. The molecule has 0 saturated carbocycles. The summed E-state index contributed by atoms with van der Waals surface area (Å²) >= 11 is 1.42. The topological polar surface area (TPSA) is 61.4 Å². The van der Waals surface area contributed by atoms with Crippen molar-refractivity contribution in [2.45, 2.75) is 26.7 Å². The van der Waals surface area contributed by atoms with E-state index in [1.807, 2.05) is 25.5 Å². The summed E-state index contributed by atoms with van der Waals surface area (Å²) in [7, 11) is 4.06. The Hall–Kier alpha value is -1.40. The molecule has 1 heterocycles. The van der Waals surface area contributed by atoms with E-state index in [2.05, 4.69) is 29.4 Å². The van der Waals surface area contributed by atoms with Crippen LogP contribution in [0.25, 0.3) is 0 Å². The predicted molar refractivity (Wildman–Crippen MR) is 91.2 cm³/mol. The number of amides is 2. The van der Waals surface area contributed by atoms with E-state index in [-0.39, 0.29) is 17.2 Å². The Labute approximate surface area is 137 Å². The van der Waals surface area contributed by atoms with E-state index in [1.54, 1.807) is 6.07 Å². The molecule has 2 amide bonds. The second-order valence-electron chi connectivity index (χ2n) is 6.52. The molecule has 1 aromatic rings. The number of nitrogens with zero attached hydrogens (tertiary/aromatic N) is 1. The van der Waals surface area contributed by atoms with E-state index in [0.29, 0.717) is 30.8 Å². The lowest BCUT2D eigenvalue weighted by Gasteiger charge is -2.28. The quantitative estimate of drug-likeness (QED) is 0.682. The van der Waals surface area contributed by atoms with Crippen molar-refractivity contribution in [2.75, 3.05) is 33.7 Å². The molecule has 0 saturated heterocycles. The molecule has 0 bridgehead atoms. The molecule has 124 valence electrons. The highest BCUT2D eigenvalue weighted by molar-refractivity contribution is 7.12. The Balaban J connectivity index is 2.14. The molecule has 0 unspecified atom stereocenters. The van der Waals surface area contributed by atoms with Gasteiger partial charge in [0.2, 0.25) is 5.91 Å². The van der Waals surface area contributed by atoms with Crippen LogP contribution in [0.2, 0.25) is 0 Å². The van der Waals surface area contributed by atoms with Crippen molar-refractivity contribution in [1.82, 2.24) is 15.5 Å². The Morgan fingerprint density at radius 2 is 2.00 bits per heavy atom. The minimum atomic E-state index is -0.0671. The molecule has 0 spiro atoms. The number of thiophene rings is 1. The van der Waals surface area contributed by atoms with Crippen molar-refractivity contribution in [3.05, 3.63) is 22.4 Å².